The van der Waals surface area contributed by atoms with E-state index in [1.807, 2.05) is 49.7 Å². The van der Waals surface area contributed by atoms with Gasteiger partial charge in [0.15, 0.2) is 0 Å². The van der Waals surface area contributed by atoms with E-state index in [1.54, 1.807) is 17.4 Å². The Morgan fingerprint density at radius 2 is 1.82 bits per heavy atom. The van der Waals surface area contributed by atoms with Crippen molar-refractivity contribution in [3.05, 3.63) is 120 Å². The molecular formula is C40H43IrN3S-2. The number of hydrogen-bond acceptors (Lipinski definition) is 4. The maximum Gasteiger partial charge on any atom is 0.0832 e. The van der Waals surface area contributed by atoms with Crippen molar-refractivity contribution in [1.82, 2.24) is 15.0 Å². The van der Waals surface area contributed by atoms with Crippen LogP contribution in [-0.4, -0.2) is 15.0 Å². The summed E-state index contributed by atoms with van der Waals surface area (Å²) in [6, 6.07) is 12.1. The summed E-state index contributed by atoms with van der Waals surface area (Å²) < 4.78 is 49.7. The number of pyridine rings is 3. The fraction of sp³-hybridized carbons (Fsp3) is 0.325. The van der Waals surface area contributed by atoms with Crippen molar-refractivity contribution in [3.63, 3.8) is 0 Å². The smallest absolute Gasteiger partial charge is 0.0832 e. The molecule has 1 aliphatic rings. The molecule has 1 fully saturated rings. The SMILES string of the molecule is C=C([C-]=CC(=C)C(CC)CC)c1ccc(C)cn1.[2H]c1nc(-c2[c-]ccc3c2sc2c(C4CCCCC4)nccc23)c([2H])c([2H])c1C([2H])([2H])[2H].[Ir]. The van der Waals surface area contributed by atoms with Gasteiger partial charge >= 0.3 is 0 Å². The first-order chi connectivity index (χ1) is 23.8. The van der Waals surface area contributed by atoms with E-state index in [0.717, 1.165) is 74.0 Å². The van der Waals surface area contributed by atoms with E-state index in [9.17, 15) is 0 Å². The second-order valence-electron chi connectivity index (χ2n) is 11.4. The van der Waals surface area contributed by atoms with Crippen molar-refractivity contribution in [3.8, 4) is 11.3 Å². The Kier molecular flexibility index (Phi) is 9.79. The van der Waals surface area contributed by atoms with Gasteiger partial charge in [-0.05, 0) is 65.3 Å². The van der Waals surface area contributed by atoms with E-state index >= 15 is 0 Å². The summed E-state index contributed by atoms with van der Waals surface area (Å²) in [5, 5.41) is 2.09. The number of aromatic nitrogens is 3. The van der Waals surface area contributed by atoms with E-state index in [4.69, 9.17) is 13.2 Å². The molecule has 1 aromatic carbocycles. The van der Waals surface area contributed by atoms with Crippen molar-refractivity contribution in [2.24, 2.45) is 5.92 Å². The van der Waals surface area contributed by atoms with Crippen molar-refractivity contribution >= 4 is 37.1 Å². The van der Waals surface area contributed by atoms with Gasteiger partial charge in [0.05, 0.1) is 9.81 Å². The zero-order valence-corrected chi connectivity index (χ0v) is 29.4. The number of benzene rings is 1. The number of hydrogen-bond donors (Lipinski definition) is 0. The Balaban J connectivity index is 0.000000264. The molecule has 5 aromatic rings. The van der Waals surface area contributed by atoms with Gasteiger partial charge < -0.3 is 9.97 Å². The largest absolute Gasteiger partial charge is 0.304 e. The molecule has 45 heavy (non-hydrogen) atoms. The van der Waals surface area contributed by atoms with E-state index in [1.165, 1.54) is 19.3 Å². The van der Waals surface area contributed by atoms with Gasteiger partial charge in [-0.25, -0.2) is 0 Å². The molecule has 0 bridgehead atoms. The predicted molar refractivity (Wildman–Crippen MR) is 189 cm³/mol. The fourth-order valence-electron chi connectivity index (χ4n) is 5.77. The van der Waals surface area contributed by atoms with Crippen molar-refractivity contribution in [1.29, 1.82) is 0 Å². The number of rotatable bonds is 8. The first kappa shape index (κ1) is 26.9. The van der Waals surface area contributed by atoms with Crippen molar-refractivity contribution < 1.29 is 28.3 Å². The summed E-state index contributed by atoms with van der Waals surface area (Å²) in [5.74, 6) is 0.979. The molecule has 0 aliphatic heterocycles. The van der Waals surface area contributed by atoms with Gasteiger partial charge in [0.25, 0.3) is 0 Å². The molecule has 3 nitrogen and oxygen atoms in total. The van der Waals surface area contributed by atoms with Crippen molar-refractivity contribution in [2.45, 2.75) is 78.5 Å². The quantitative estimate of drug-likeness (QED) is 0.116. The summed E-state index contributed by atoms with van der Waals surface area (Å²) in [4.78, 5) is 13.2. The molecule has 235 valence electrons. The minimum atomic E-state index is -2.66. The third-order valence-electron chi connectivity index (χ3n) is 8.35. The topological polar surface area (TPSA) is 38.7 Å². The molecule has 5 heteroatoms. The maximum atomic E-state index is 8.45. The van der Waals surface area contributed by atoms with Crippen LogP contribution in [0.15, 0.2) is 85.8 Å². The number of allylic oxidation sites excluding steroid dienone is 4. The molecule has 1 aliphatic carbocycles. The van der Waals surface area contributed by atoms with Gasteiger partial charge in [0.2, 0.25) is 0 Å². The number of fused-ring (bicyclic) bond motifs is 3. The van der Waals surface area contributed by atoms with E-state index in [2.05, 4.69) is 49.1 Å². The minimum Gasteiger partial charge on any atom is -0.304 e. The second-order valence-corrected chi connectivity index (χ2v) is 12.4. The van der Waals surface area contributed by atoms with Crippen LogP contribution in [0.3, 0.4) is 0 Å². The third kappa shape index (κ3) is 8.33. The van der Waals surface area contributed by atoms with Crippen LogP contribution >= 0.6 is 11.3 Å². The fourth-order valence-corrected chi connectivity index (χ4v) is 7.13. The van der Waals surface area contributed by atoms with Gasteiger partial charge in [0, 0.05) is 53.4 Å². The van der Waals surface area contributed by atoms with Crippen LogP contribution in [0.25, 0.3) is 37.0 Å². The average Bonchev–Trinajstić information content (AvgIpc) is 3.49. The van der Waals surface area contributed by atoms with Gasteiger partial charge in [0.1, 0.15) is 0 Å². The van der Waals surface area contributed by atoms with Crippen LogP contribution in [-0.2, 0) is 20.1 Å². The minimum absolute atomic E-state index is 0. The van der Waals surface area contributed by atoms with Crippen LogP contribution in [0.2, 0.25) is 0 Å². The average molecular weight is 796 g/mol. The van der Waals surface area contributed by atoms with Crippen LogP contribution in [0.1, 0.15) is 95.5 Å². The third-order valence-corrected chi connectivity index (χ3v) is 9.61. The molecule has 1 radical (unpaired) electrons. The number of nitrogens with zero attached hydrogens (tertiary/aromatic N) is 3. The van der Waals surface area contributed by atoms with E-state index in [0.29, 0.717) is 17.4 Å². The summed E-state index contributed by atoms with van der Waals surface area (Å²) in [5.41, 5.74) is 5.23. The molecule has 0 N–H and O–H groups in total. The monoisotopic (exact) mass is 796 g/mol. The summed E-state index contributed by atoms with van der Waals surface area (Å²) in [7, 11) is 0. The van der Waals surface area contributed by atoms with E-state index in [-0.39, 0.29) is 31.8 Å². The molecule has 0 atom stereocenters. The molecule has 4 heterocycles. The van der Waals surface area contributed by atoms with Crippen LogP contribution in [0, 0.1) is 31.8 Å². The number of aryl methyl sites for hydroxylation is 1. The molecule has 6 rings (SSSR count). The Morgan fingerprint density at radius 3 is 2.53 bits per heavy atom. The molecule has 1 saturated carbocycles. The zero-order valence-electron chi connectivity index (χ0n) is 32.2. The first-order valence-corrected chi connectivity index (χ1v) is 16.3. The Labute approximate surface area is 295 Å². The molecule has 0 spiro atoms. The molecule has 0 saturated heterocycles. The van der Waals surface area contributed by atoms with Gasteiger partial charge in [-0.15, -0.1) is 53.6 Å². The van der Waals surface area contributed by atoms with Crippen LogP contribution in [0.5, 0.6) is 0 Å². The molecule has 0 unspecified atom stereocenters. The summed E-state index contributed by atoms with van der Waals surface area (Å²) >= 11 is 1.58. The maximum absolute atomic E-state index is 8.45. The molecular weight excluding hydrogens is 747 g/mol. The standard InChI is InChI=1S/C23H21N2S.C17H22N.Ir/c1-15-10-11-20(25-14-15)19-9-5-8-17-18-12-13-24-21(23(18)26-22(17)19)16-6-3-2-4-7-16;1-6-16(7-2)14(4)9-10-15(5)17-11-8-13(3)12-18-17;/h5,8,10-14,16H,2-4,6-7H2,1H3;8-9,11-12,16H,4-7H2,1-3H3;/q2*-1;/i1D3,10D,11D,14D;;. The van der Waals surface area contributed by atoms with Gasteiger partial charge in [-0.3, -0.25) is 4.98 Å². The Morgan fingerprint density at radius 1 is 1.04 bits per heavy atom. The predicted octanol–water partition coefficient (Wildman–Crippen LogP) is 11.4. The summed E-state index contributed by atoms with van der Waals surface area (Å²) in [6.07, 6.45) is 16.6. The van der Waals surface area contributed by atoms with Gasteiger partial charge in [-0.1, -0.05) is 81.5 Å². The Hall–Kier alpha value is -3.24. The molecule has 4 aromatic heterocycles. The van der Waals surface area contributed by atoms with Gasteiger partial charge in [-0.2, -0.15) is 17.9 Å². The summed E-state index contributed by atoms with van der Waals surface area (Å²) in [6.45, 7) is 11.8. The first-order valence-electron chi connectivity index (χ1n) is 18.5. The normalized spacial score (nSPS) is 15.7. The second kappa shape index (κ2) is 16.4. The van der Waals surface area contributed by atoms with Crippen LogP contribution in [0.4, 0.5) is 0 Å². The van der Waals surface area contributed by atoms with E-state index < -0.39 is 24.6 Å². The number of thiophene rings is 1. The zero-order chi connectivity index (χ0) is 36.2. The van der Waals surface area contributed by atoms with Crippen LogP contribution < -0.4 is 0 Å². The molecule has 0 amide bonds. The van der Waals surface area contributed by atoms with Crippen molar-refractivity contribution in [2.75, 3.05) is 0 Å². The Bertz CT molecular complexity index is 2040.